The van der Waals surface area contributed by atoms with E-state index in [9.17, 15) is 14.3 Å². The number of ether oxygens (including phenoxy) is 1. The van der Waals surface area contributed by atoms with Crippen molar-refractivity contribution in [2.24, 2.45) is 0 Å². The summed E-state index contributed by atoms with van der Waals surface area (Å²) in [6, 6.07) is 29.9. The first-order valence-corrected chi connectivity index (χ1v) is 13.1. The first-order chi connectivity index (χ1) is 18.5. The summed E-state index contributed by atoms with van der Waals surface area (Å²) in [7, 11) is 1.56. The molecule has 1 aliphatic heterocycles. The highest BCUT2D eigenvalue weighted by atomic mass is 19.1. The number of aryl methyl sites for hydroxylation is 1. The summed E-state index contributed by atoms with van der Waals surface area (Å²) in [5.41, 5.74) is 5.07. The molecule has 0 aliphatic carbocycles. The third-order valence-electron chi connectivity index (χ3n) is 6.79. The topological polar surface area (TPSA) is 49.8 Å². The maximum absolute atomic E-state index is 12.6. The molecule has 0 aromatic heterocycles. The summed E-state index contributed by atoms with van der Waals surface area (Å²) < 4.78 is 17.6. The molecule has 1 fully saturated rings. The molecule has 0 saturated carbocycles. The molecule has 1 saturated heterocycles. The number of amides is 1. The van der Waals surface area contributed by atoms with Crippen molar-refractivity contribution in [2.75, 3.05) is 12.0 Å². The lowest BCUT2D eigenvalue weighted by Gasteiger charge is -2.26. The zero-order valence-corrected chi connectivity index (χ0v) is 21.9. The Hall–Kier alpha value is -4.12. The molecule has 1 N–H and O–H groups in total. The minimum absolute atomic E-state index is 0.0719. The average Bonchev–Trinajstić information content (AvgIpc) is 3.34. The van der Waals surface area contributed by atoms with Gasteiger partial charge in [-0.15, -0.1) is 0 Å². The zero-order chi connectivity index (χ0) is 26.9. The molecule has 4 nitrogen and oxygen atoms in total. The van der Waals surface area contributed by atoms with Gasteiger partial charge in [-0.1, -0.05) is 67.9 Å². The molecule has 0 spiro atoms. The number of halogens is 1. The number of phenolic OH excluding ortho intramolecular Hbond substituents is 1. The molecule has 38 heavy (non-hydrogen) atoms. The van der Waals surface area contributed by atoms with Crippen LogP contribution in [0.2, 0.25) is 0 Å². The molecule has 1 aliphatic rings. The number of hydrogen-bond donors (Lipinski definition) is 1. The number of carbonyl (C=O) groups is 1. The van der Waals surface area contributed by atoms with Gasteiger partial charge in [0.25, 0.3) is 0 Å². The molecular formula is C33H34FNO3. The molecule has 0 radical (unpaired) electrons. The summed E-state index contributed by atoms with van der Waals surface area (Å²) in [5, 5.41) is 10.4. The standard InChI is InChI=1S/C23H21NO3.C10H13F/c1-27-19-11-12-20(22(25)15-19)21-13-14-23(26)24(21)18-9-7-17(8-10-18)16-5-3-2-4-6-16;1-2-3-4-9-5-7-10(11)8-6-9/h2-12,15,21,25H,13-14H2,1H3;5-8H,2-4H2,1H3. The van der Waals surface area contributed by atoms with Gasteiger partial charge in [-0.05, 0) is 72.4 Å². The van der Waals surface area contributed by atoms with Crippen LogP contribution in [0, 0.1) is 5.82 Å². The number of anilines is 1. The summed E-state index contributed by atoms with van der Waals surface area (Å²) in [6.07, 6.45) is 4.59. The van der Waals surface area contributed by atoms with Gasteiger partial charge in [0.1, 0.15) is 17.3 Å². The van der Waals surface area contributed by atoms with Crippen molar-refractivity contribution in [1.29, 1.82) is 0 Å². The fraction of sp³-hybridized carbons (Fsp3) is 0.242. The van der Waals surface area contributed by atoms with Crippen LogP contribution in [0.15, 0.2) is 97.1 Å². The number of benzene rings is 4. The van der Waals surface area contributed by atoms with E-state index >= 15 is 0 Å². The fourth-order valence-electron chi connectivity index (χ4n) is 4.71. The number of rotatable bonds is 7. The molecule has 4 aromatic rings. The highest BCUT2D eigenvalue weighted by molar-refractivity contribution is 5.96. The molecule has 5 heteroatoms. The molecule has 4 aromatic carbocycles. The van der Waals surface area contributed by atoms with Gasteiger partial charge in [0.15, 0.2) is 0 Å². The van der Waals surface area contributed by atoms with Gasteiger partial charge < -0.3 is 14.7 Å². The van der Waals surface area contributed by atoms with Gasteiger partial charge in [-0.2, -0.15) is 0 Å². The van der Waals surface area contributed by atoms with E-state index < -0.39 is 0 Å². The van der Waals surface area contributed by atoms with Gasteiger partial charge in [0.05, 0.1) is 13.2 Å². The first kappa shape index (κ1) is 26.9. The molecule has 1 heterocycles. The van der Waals surface area contributed by atoms with Crippen LogP contribution in [0.5, 0.6) is 11.5 Å². The largest absolute Gasteiger partial charge is 0.507 e. The normalized spacial score (nSPS) is 14.7. The number of aromatic hydroxyl groups is 1. The number of phenols is 1. The Kier molecular flexibility index (Phi) is 9.15. The zero-order valence-electron chi connectivity index (χ0n) is 21.9. The second-order valence-corrected chi connectivity index (χ2v) is 9.39. The van der Waals surface area contributed by atoms with E-state index in [4.69, 9.17) is 4.74 Å². The predicted molar refractivity (Wildman–Crippen MR) is 151 cm³/mol. The second-order valence-electron chi connectivity index (χ2n) is 9.39. The van der Waals surface area contributed by atoms with Crippen LogP contribution < -0.4 is 9.64 Å². The van der Waals surface area contributed by atoms with Crippen LogP contribution in [0.4, 0.5) is 10.1 Å². The minimum Gasteiger partial charge on any atom is -0.507 e. The Labute approximate surface area is 224 Å². The van der Waals surface area contributed by atoms with Crippen molar-refractivity contribution in [3.05, 3.63) is 114 Å². The lowest BCUT2D eigenvalue weighted by Crippen LogP contribution is -2.27. The third-order valence-corrected chi connectivity index (χ3v) is 6.79. The summed E-state index contributed by atoms with van der Waals surface area (Å²) >= 11 is 0. The minimum atomic E-state index is -0.175. The highest BCUT2D eigenvalue weighted by Gasteiger charge is 2.34. The smallest absolute Gasteiger partial charge is 0.227 e. The van der Waals surface area contributed by atoms with Gasteiger partial charge in [-0.3, -0.25) is 4.79 Å². The van der Waals surface area contributed by atoms with E-state index in [0.29, 0.717) is 18.6 Å². The number of nitrogens with zero attached hydrogens (tertiary/aromatic N) is 1. The summed E-state index contributed by atoms with van der Waals surface area (Å²) in [6.45, 7) is 2.16. The van der Waals surface area contributed by atoms with Crippen LogP contribution in [-0.4, -0.2) is 18.1 Å². The monoisotopic (exact) mass is 511 g/mol. The molecular weight excluding hydrogens is 477 g/mol. The molecule has 1 atom stereocenters. The first-order valence-electron chi connectivity index (χ1n) is 13.1. The molecule has 196 valence electrons. The maximum Gasteiger partial charge on any atom is 0.227 e. The summed E-state index contributed by atoms with van der Waals surface area (Å²) in [5.74, 6) is 0.673. The third kappa shape index (κ3) is 6.60. The van der Waals surface area contributed by atoms with Crippen LogP contribution in [-0.2, 0) is 11.2 Å². The van der Waals surface area contributed by atoms with E-state index in [1.54, 1.807) is 18.1 Å². The number of methoxy groups -OCH3 is 1. The van der Waals surface area contributed by atoms with Crippen molar-refractivity contribution in [2.45, 2.75) is 45.1 Å². The van der Waals surface area contributed by atoms with E-state index in [1.165, 1.54) is 30.5 Å². The fourth-order valence-corrected chi connectivity index (χ4v) is 4.71. The Balaban J connectivity index is 0.000000257. The molecule has 1 unspecified atom stereocenters. The van der Waals surface area contributed by atoms with Crippen molar-refractivity contribution in [3.8, 4) is 22.6 Å². The van der Waals surface area contributed by atoms with E-state index in [0.717, 1.165) is 28.8 Å². The highest BCUT2D eigenvalue weighted by Crippen LogP contribution is 2.41. The molecule has 1 amide bonds. The Morgan fingerprint density at radius 1 is 0.921 bits per heavy atom. The van der Waals surface area contributed by atoms with Crippen molar-refractivity contribution >= 4 is 11.6 Å². The van der Waals surface area contributed by atoms with Crippen LogP contribution in [0.25, 0.3) is 11.1 Å². The second kappa shape index (κ2) is 12.9. The summed E-state index contributed by atoms with van der Waals surface area (Å²) in [4.78, 5) is 14.4. The lowest BCUT2D eigenvalue weighted by molar-refractivity contribution is -0.117. The van der Waals surface area contributed by atoms with Crippen molar-refractivity contribution in [3.63, 3.8) is 0 Å². The maximum atomic E-state index is 12.6. The van der Waals surface area contributed by atoms with Crippen molar-refractivity contribution in [1.82, 2.24) is 0 Å². The average molecular weight is 512 g/mol. The Morgan fingerprint density at radius 3 is 2.24 bits per heavy atom. The van der Waals surface area contributed by atoms with Gasteiger partial charge in [0.2, 0.25) is 5.91 Å². The van der Waals surface area contributed by atoms with Crippen molar-refractivity contribution < 1.29 is 19.0 Å². The lowest BCUT2D eigenvalue weighted by atomic mass is 10.0. The van der Waals surface area contributed by atoms with E-state index in [-0.39, 0.29) is 23.5 Å². The predicted octanol–water partition coefficient (Wildman–Crippen LogP) is 8.10. The van der Waals surface area contributed by atoms with Gasteiger partial charge >= 0.3 is 0 Å². The quantitative estimate of drug-likeness (QED) is 0.273. The van der Waals surface area contributed by atoms with Crippen LogP contribution in [0.3, 0.4) is 0 Å². The molecule has 5 rings (SSSR count). The SMILES string of the molecule is CCCCc1ccc(F)cc1.COc1ccc(C2CCC(=O)N2c2ccc(-c3ccccc3)cc2)c(O)c1. The number of unbranched alkanes of at least 4 members (excludes halogenated alkanes) is 1. The number of hydrogen-bond acceptors (Lipinski definition) is 3. The Bertz CT molecular complexity index is 1320. The van der Waals surface area contributed by atoms with E-state index in [2.05, 4.69) is 19.1 Å². The van der Waals surface area contributed by atoms with Gasteiger partial charge in [-0.25, -0.2) is 4.39 Å². The number of carbonyl (C=O) groups excluding carboxylic acids is 1. The van der Waals surface area contributed by atoms with Gasteiger partial charge in [0, 0.05) is 23.7 Å². The Morgan fingerprint density at radius 2 is 1.61 bits per heavy atom. The van der Waals surface area contributed by atoms with Crippen LogP contribution >= 0.6 is 0 Å². The molecule has 0 bridgehead atoms. The van der Waals surface area contributed by atoms with E-state index in [1.807, 2.05) is 66.7 Å². The van der Waals surface area contributed by atoms with Crippen LogP contribution in [0.1, 0.15) is 49.8 Å².